The fourth-order valence-electron chi connectivity index (χ4n) is 1.08. The van der Waals surface area contributed by atoms with E-state index in [1.807, 2.05) is 0 Å². The van der Waals surface area contributed by atoms with Crippen LogP contribution >= 0.6 is 0 Å². The maximum atomic E-state index is 10.9. The zero-order valence-corrected chi connectivity index (χ0v) is 10.6. The molecule has 0 aliphatic heterocycles. The minimum Gasteiger partial charge on any atom is -0.450 e. The molecule has 0 unspecified atom stereocenters. The summed E-state index contributed by atoms with van der Waals surface area (Å²) in [5.41, 5.74) is 6.76. The van der Waals surface area contributed by atoms with Crippen molar-refractivity contribution in [2.24, 2.45) is 0 Å². The first kappa shape index (κ1) is 14.4. The molecule has 0 saturated heterocycles. The van der Waals surface area contributed by atoms with Crippen LogP contribution in [0.15, 0.2) is 49.1 Å². The van der Waals surface area contributed by atoms with Crippen LogP contribution in [0.3, 0.4) is 0 Å². The SMILES string of the molecule is CCOC(=O)Nc1ccncc1.Nc1ccncc1. The second kappa shape index (κ2) is 8.46. The van der Waals surface area contributed by atoms with Crippen molar-refractivity contribution < 1.29 is 9.53 Å². The van der Waals surface area contributed by atoms with Gasteiger partial charge in [-0.3, -0.25) is 15.3 Å². The van der Waals surface area contributed by atoms with E-state index in [2.05, 4.69) is 20.0 Å². The van der Waals surface area contributed by atoms with Crippen LogP contribution in [0.1, 0.15) is 6.92 Å². The van der Waals surface area contributed by atoms with E-state index in [0.717, 1.165) is 5.69 Å². The Kier molecular flexibility index (Phi) is 6.43. The third kappa shape index (κ3) is 6.62. The highest BCUT2D eigenvalue weighted by Gasteiger charge is 1.99. The Balaban J connectivity index is 0.000000218. The summed E-state index contributed by atoms with van der Waals surface area (Å²) in [6.45, 7) is 2.13. The number of hydrogen-bond acceptors (Lipinski definition) is 5. The Morgan fingerprint density at radius 2 is 1.68 bits per heavy atom. The molecule has 0 saturated carbocycles. The molecule has 0 spiro atoms. The molecule has 0 aliphatic carbocycles. The van der Waals surface area contributed by atoms with Crippen LogP contribution < -0.4 is 11.1 Å². The van der Waals surface area contributed by atoms with Gasteiger partial charge < -0.3 is 10.5 Å². The van der Waals surface area contributed by atoms with Gasteiger partial charge in [-0.25, -0.2) is 4.79 Å². The smallest absolute Gasteiger partial charge is 0.411 e. The largest absolute Gasteiger partial charge is 0.450 e. The van der Waals surface area contributed by atoms with Gasteiger partial charge in [-0.1, -0.05) is 0 Å². The zero-order chi connectivity index (χ0) is 13.9. The monoisotopic (exact) mass is 260 g/mol. The molecule has 0 radical (unpaired) electrons. The first-order valence-corrected chi connectivity index (χ1v) is 5.71. The molecule has 2 rings (SSSR count). The number of carbonyl (C=O) groups excluding carboxylic acids is 1. The zero-order valence-electron chi connectivity index (χ0n) is 10.6. The first-order chi connectivity index (χ1) is 9.22. The van der Waals surface area contributed by atoms with Crippen molar-refractivity contribution in [3.8, 4) is 0 Å². The number of amides is 1. The molecule has 6 nitrogen and oxygen atoms in total. The van der Waals surface area contributed by atoms with Crippen LogP contribution in [0, 0.1) is 0 Å². The Labute approximate surface area is 111 Å². The number of aromatic nitrogens is 2. The van der Waals surface area contributed by atoms with Crippen LogP contribution in [0.2, 0.25) is 0 Å². The van der Waals surface area contributed by atoms with E-state index >= 15 is 0 Å². The fraction of sp³-hybridized carbons (Fsp3) is 0.154. The van der Waals surface area contributed by atoms with Crippen LogP contribution in [0.4, 0.5) is 16.2 Å². The molecule has 19 heavy (non-hydrogen) atoms. The van der Waals surface area contributed by atoms with Crippen LogP contribution in [0.5, 0.6) is 0 Å². The summed E-state index contributed by atoms with van der Waals surface area (Å²) in [6, 6.07) is 6.88. The van der Waals surface area contributed by atoms with E-state index in [1.54, 1.807) is 56.0 Å². The Hall–Kier alpha value is -2.63. The third-order valence-corrected chi connectivity index (χ3v) is 1.91. The summed E-state index contributed by atoms with van der Waals surface area (Å²) >= 11 is 0. The molecular formula is C13H16N4O2. The molecule has 1 amide bonds. The number of nitrogens with two attached hydrogens (primary N) is 1. The minimum atomic E-state index is -0.441. The van der Waals surface area contributed by atoms with Gasteiger partial charge in [-0.15, -0.1) is 0 Å². The number of nitrogens with one attached hydrogen (secondary N) is 1. The van der Waals surface area contributed by atoms with Gasteiger partial charge in [-0.05, 0) is 31.2 Å². The highest BCUT2D eigenvalue weighted by atomic mass is 16.5. The molecule has 6 heteroatoms. The van der Waals surface area contributed by atoms with Gasteiger partial charge in [0, 0.05) is 36.2 Å². The molecule has 2 heterocycles. The number of nitrogen functional groups attached to an aromatic ring is 1. The van der Waals surface area contributed by atoms with Crippen molar-refractivity contribution in [3.05, 3.63) is 49.1 Å². The molecule has 0 aliphatic rings. The third-order valence-electron chi connectivity index (χ3n) is 1.91. The van der Waals surface area contributed by atoms with Gasteiger partial charge in [0.2, 0.25) is 0 Å². The van der Waals surface area contributed by atoms with Gasteiger partial charge >= 0.3 is 6.09 Å². The van der Waals surface area contributed by atoms with Gasteiger partial charge in [-0.2, -0.15) is 0 Å². The quantitative estimate of drug-likeness (QED) is 0.864. The summed E-state index contributed by atoms with van der Waals surface area (Å²) in [6.07, 6.45) is 6.08. The topological polar surface area (TPSA) is 90.1 Å². The van der Waals surface area contributed by atoms with E-state index in [4.69, 9.17) is 5.73 Å². The van der Waals surface area contributed by atoms with Gasteiger partial charge in [0.1, 0.15) is 0 Å². The Bertz CT molecular complexity index is 477. The van der Waals surface area contributed by atoms with Crippen LogP contribution in [0.25, 0.3) is 0 Å². The maximum absolute atomic E-state index is 10.9. The van der Waals surface area contributed by atoms with Crippen molar-refractivity contribution in [1.29, 1.82) is 0 Å². The molecule has 0 atom stereocenters. The highest BCUT2D eigenvalue weighted by Crippen LogP contribution is 2.03. The van der Waals surface area contributed by atoms with Gasteiger partial charge in [0.15, 0.2) is 0 Å². The highest BCUT2D eigenvalue weighted by molar-refractivity contribution is 5.84. The van der Waals surface area contributed by atoms with E-state index in [9.17, 15) is 4.79 Å². The summed E-state index contributed by atoms with van der Waals surface area (Å²) in [5.74, 6) is 0. The second-order valence-corrected chi connectivity index (χ2v) is 3.36. The first-order valence-electron chi connectivity index (χ1n) is 5.71. The minimum absolute atomic E-state index is 0.372. The number of hydrogen-bond donors (Lipinski definition) is 2. The van der Waals surface area contributed by atoms with Gasteiger partial charge in [0.25, 0.3) is 0 Å². The van der Waals surface area contributed by atoms with Crippen LogP contribution in [-0.2, 0) is 4.74 Å². The lowest BCUT2D eigenvalue weighted by atomic mass is 10.4. The lowest BCUT2D eigenvalue weighted by molar-refractivity contribution is 0.168. The molecule has 0 fully saturated rings. The molecule has 0 bridgehead atoms. The average Bonchev–Trinajstić information content (AvgIpc) is 2.42. The van der Waals surface area contributed by atoms with E-state index in [0.29, 0.717) is 12.3 Å². The predicted molar refractivity (Wildman–Crippen MR) is 73.5 cm³/mol. The van der Waals surface area contributed by atoms with Crippen molar-refractivity contribution >= 4 is 17.5 Å². The van der Waals surface area contributed by atoms with E-state index in [-0.39, 0.29) is 0 Å². The van der Waals surface area contributed by atoms with Crippen molar-refractivity contribution in [3.63, 3.8) is 0 Å². The number of anilines is 2. The summed E-state index contributed by atoms with van der Waals surface area (Å²) < 4.78 is 4.68. The lowest BCUT2D eigenvalue weighted by Gasteiger charge is -2.03. The molecule has 2 aromatic heterocycles. The summed E-state index contributed by atoms with van der Waals surface area (Å²) in [5, 5.41) is 2.54. The van der Waals surface area contributed by atoms with Crippen molar-refractivity contribution in [1.82, 2.24) is 9.97 Å². The number of rotatable bonds is 2. The molecule has 100 valence electrons. The number of nitrogens with zero attached hydrogens (tertiary/aromatic N) is 2. The number of pyridine rings is 2. The van der Waals surface area contributed by atoms with Crippen molar-refractivity contribution in [2.45, 2.75) is 6.92 Å². The average molecular weight is 260 g/mol. The van der Waals surface area contributed by atoms with E-state index in [1.165, 1.54) is 0 Å². The standard InChI is InChI=1S/C8H10N2O2.C5H6N2/c1-2-12-8(11)10-7-3-5-9-6-4-7;6-5-1-3-7-4-2-5/h3-6H,2H2,1H3,(H,9,10,11);1-4H,(H2,6,7). The Morgan fingerprint density at radius 1 is 1.16 bits per heavy atom. The lowest BCUT2D eigenvalue weighted by Crippen LogP contribution is -2.12. The molecule has 2 aromatic rings. The van der Waals surface area contributed by atoms with E-state index < -0.39 is 6.09 Å². The molecule has 3 N–H and O–H groups in total. The van der Waals surface area contributed by atoms with Crippen molar-refractivity contribution in [2.75, 3.05) is 17.7 Å². The summed E-state index contributed by atoms with van der Waals surface area (Å²) in [7, 11) is 0. The van der Waals surface area contributed by atoms with Gasteiger partial charge in [0.05, 0.1) is 6.61 Å². The predicted octanol–water partition coefficient (Wildman–Crippen LogP) is 2.31. The Morgan fingerprint density at radius 3 is 2.11 bits per heavy atom. The fourth-order valence-corrected chi connectivity index (χ4v) is 1.08. The second-order valence-electron chi connectivity index (χ2n) is 3.36. The number of carbonyl (C=O) groups is 1. The van der Waals surface area contributed by atoms with Crippen LogP contribution in [-0.4, -0.2) is 22.7 Å². The maximum Gasteiger partial charge on any atom is 0.411 e. The molecule has 0 aromatic carbocycles. The summed E-state index contributed by atoms with van der Waals surface area (Å²) in [4.78, 5) is 18.4. The molecular weight excluding hydrogens is 244 g/mol. The normalized spacial score (nSPS) is 8.89. The number of ether oxygens (including phenoxy) is 1.